The van der Waals surface area contributed by atoms with Crippen LogP contribution in [0.15, 0.2) is 167 Å². The molecule has 4 aliphatic carbocycles. The van der Waals surface area contributed by atoms with E-state index in [1.807, 2.05) is 60.7 Å². The van der Waals surface area contributed by atoms with Crippen LogP contribution in [0.5, 0.6) is 23.0 Å². The third-order valence-corrected chi connectivity index (χ3v) is 24.8. The minimum absolute atomic E-state index is 0.0770. The summed E-state index contributed by atoms with van der Waals surface area (Å²) in [5.74, 6) is 1.76. The van der Waals surface area contributed by atoms with Crippen LogP contribution in [0.1, 0.15) is 164 Å². The van der Waals surface area contributed by atoms with Crippen molar-refractivity contribution in [3.63, 3.8) is 0 Å². The van der Waals surface area contributed by atoms with Gasteiger partial charge >= 0.3 is 0 Å². The number of hydrogen-bond acceptors (Lipinski definition) is 17. The van der Waals surface area contributed by atoms with Gasteiger partial charge in [-0.15, -0.1) is 45.3 Å². The number of nitrogens with one attached hydrogen (secondary N) is 4. The lowest BCUT2D eigenvalue weighted by atomic mass is 9.70. The zero-order valence-corrected chi connectivity index (χ0v) is 60.2. The van der Waals surface area contributed by atoms with E-state index in [4.69, 9.17) is 28.4 Å². The number of amides is 4. The summed E-state index contributed by atoms with van der Waals surface area (Å²) in [6.07, 6.45) is 12.6. The number of aliphatic hydroxyl groups is 2. The number of ether oxygens (including phenoxy) is 6. The van der Waals surface area contributed by atoms with Crippen molar-refractivity contribution in [2.45, 2.75) is 142 Å². The first kappa shape index (κ1) is 74.0. The van der Waals surface area contributed by atoms with E-state index < -0.39 is 5.79 Å². The topological polar surface area (TPSA) is 229 Å². The molecule has 0 unspecified atom stereocenters. The maximum Gasteiger partial charge on any atom is 0.255 e. The number of hydrogen-bond donors (Lipinski definition) is 6. The number of rotatable bonds is 20. The van der Waals surface area contributed by atoms with Crippen LogP contribution in [-0.4, -0.2) is 125 Å². The molecular formula is C78H92N4O13S4. The molecule has 526 valence electrons. The predicted octanol–water partition coefficient (Wildman–Crippen LogP) is 14.0. The standard InChI is InChI=1S/C21H25NO4S.2C19H23NO3S.C19H21NO3S/c1-24-17-6-3-2-5-16(17)19(23)22-15-20(18-7-4-14-27-18)8-10-21(11-9-20)25-12-13-26-21;3*1-23-16-6-3-2-5-15(16)18(22)20-13-19(17-7-4-12-24-17)10-8-14(21)9-11-19/h2-7,14H,8-13,15H2,1H3,(H,22,23);2*2-7,12,14,21H,8-11,13H2,1H3,(H,20,22);2-7,12H,8-11,13H2,1H3,(H,20,22). The fourth-order valence-corrected chi connectivity index (χ4v) is 18.2. The Hall–Kier alpha value is -7.73. The van der Waals surface area contributed by atoms with E-state index in [-0.39, 0.29) is 57.5 Å². The number of Topliss-reactive ketones (excluding diaryl/α,β-unsaturated/α-hetero) is 1. The van der Waals surface area contributed by atoms with Gasteiger partial charge in [0.15, 0.2) is 5.79 Å². The molecule has 8 aromatic rings. The number of benzene rings is 4. The van der Waals surface area contributed by atoms with Crippen molar-refractivity contribution >= 4 is 74.8 Å². The Morgan fingerprint density at radius 2 is 0.646 bits per heavy atom. The van der Waals surface area contributed by atoms with Gasteiger partial charge in [-0.2, -0.15) is 0 Å². The average molecular weight is 1420 g/mol. The highest BCUT2D eigenvalue weighted by atomic mass is 32.1. The lowest BCUT2D eigenvalue weighted by Crippen LogP contribution is -2.47. The quantitative estimate of drug-likeness (QED) is 0.0418. The van der Waals surface area contributed by atoms with E-state index >= 15 is 0 Å². The molecule has 13 rings (SSSR count). The van der Waals surface area contributed by atoms with Crippen LogP contribution >= 0.6 is 45.3 Å². The summed E-state index contributed by atoms with van der Waals surface area (Å²) in [6.45, 7) is 3.65. The normalized spacial score (nSPS) is 21.1. The van der Waals surface area contributed by atoms with Crippen LogP contribution in [0.2, 0.25) is 0 Å². The van der Waals surface area contributed by atoms with Gasteiger partial charge in [-0.3, -0.25) is 24.0 Å². The molecule has 5 fully saturated rings. The van der Waals surface area contributed by atoms with Crippen LogP contribution in [0.25, 0.3) is 0 Å². The molecule has 6 N–H and O–H groups in total. The van der Waals surface area contributed by atoms with Crippen LogP contribution < -0.4 is 40.2 Å². The number of ketones is 1. The lowest BCUT2D eigenvalue weighted by molar-refractivity contribution is -0.184. The van der Waals surface area contributed by atoms with E-state index in [9.17, 15) is 34.2 Å². The molecule has 0 radical (unpaired) electrons. The molecule has 21 heteroatoms. The highest BCUT2D eigenvalue weighted by Gasteiger charge is 2.48. The van der Waals surface area contributed by atoms with Gasteiger partial charge in [0, 0.05) is 93.0 Å². The molecule has 5 heterocycles. The van der Waals surface area contributed by atoms with Gasteiger partial charge in [-0.05, 0) is 171 Å². The van der Waals surface area contributed by atoms with Gasteiger partial charge in [0.2, 0.25) is 0 Å². The first-order valence-corrected chi connectivity index (χ1v) is 37.6. The third kappa shape index (κ3) is 18.4. The van der Waals surface area contributed by atoms with E-state index in [1.54, 1.807) is 116 Å². The number of aliphatic hydroxyl groups excluding tert-OH is 2. The summed E-state index contributed by atoms with van der Waals surface area (Å²) in [4.78, 5) is 67.4. The highest BCUT2D eigenvalue weighted by molar-refractivity contribution is 7.11. The van der Waals surface area contributed by atoms with Crippen molar-refractivity contribution in [1.82, 2.24) is 21.3 Å². The van der Waals surface area contributed by atoms with Crippen molar-refractivity contribution in [1.29, 1.82) is 0 Å². The summed E-state index contributed by atoms with van der Waals surface area (Å²) in [5, 5.41) is 40.4. The molecule has 0 atom stereocenters. The Morgan fingerprint density at radius 1 is 0.384 bits per heavy atom. The van der Waals surface area contributed by atoms with E-state index in [0.717, 1.165) is 89.9 Å². The summed E-state index contributed by atoms with van der Waals surface area (Å²) in [7, 11) is 6.29. The summed E-state index contributed by atoms with van der Waals surface area (Å²) in [6, 6.07) is 45.8. The summed E-state index contributed by atoms with van der Waals surface area (Å²) in [5.41, 5.74) is 1.83. The minimum Gasteiger partial charge on any atom is -0.496 e. The average Bonchev–Trinajstić information content (AvgIpc) is 1.73. The zero-order valence-electron chi connectivity index (χ0n) is 56.9. The van der Waals surface area contributed by atoms with Gasteiger partial charge in [0.25, 0.3) is 23.6 Å². The largest absolute Gasteiger partial charge is 0.496 e. The van der Waals surface area contributed by atoms with Crippen molar-refractivity contribution in [3.05, 3.63) is 209 Å². The monoisotopic (exact) mass is 1420 g/mol. The molecule has 4 aromatic heterocycles. The van der Waals surface area contributed by atoms with Crippen LogP contribution in [0.3, 0.4) is 0 Å². The van der Waals surface area contributed by atoms with Crippen LogP contribution in [0.4, 0.5) is 0 Å². The molecule has 99 heavy (non-hydrogen) atoms. The summed E-state index contributed by atoms with van der Waals surface area (Å²) >= 11 is 6.91. The minimum atomic E-state index is -0.409. The van der Waals surface area contributed by atoms with Crippen molar-refractivity contribution in [3.8, 4) is 23.0 Å². The molecule has 1 spiro atoms. The Balaban J connectivity index is 0.000000143. The molecule has 17 nitrogen and oxygen atoms in total. The van der Waals surface area contributed by atoms with Crippen molar-refractivity contribution in [2.24, 2.45) is 0 Å². The first-order chi connectivity index (χ1) is 48.1. The fraction of sp³-hybridized carbons (Fsp3) is 0.423. The summed E-state index contributed by atoms with van der Waals surface area (Å²) < 4.78 is 32.9. The zero-order chi connectivity index (χ0) is 69.7. The van der Waals surface area contributed by atoms with Crippen molar-refractivity contribution in [2.75, 3.05) is 67.8 Å². The highest BCUT2D eigenvalue weighted by Crippen LogP contribution is 2.48. The SMILES string of the molecule is COc1ccccc1C(=O)NCC1(c2cccs2)CCC(=O)CC1.COc1ccccc1C(=O)NCC1(c2cccs2)CCC(O)CC1.COc1ccccc1C(=O)NCC1(c2cccs2)CCC(O)CC1.COc1ccccc1C(=O)NCC1(c2cccs2)CCC2(CC1)OCCO2. The fourth-order valence-electron chi connectivity index (χ4n) is 14.3. The Bertz CT molecular complexity index is 3720. The second-order valence-corrected chi connectivity index (χ2v) is 30.0. The molecule has 4 saturated carbocycles. The molecule has 4 aromatic carbocycles. The molecule has 1 saturated heterocycles. The van der Waals surface area contributed by atoms with Gasteiger partial charge in [-0.1, -0.05) is 72.8 Å². The maximum absolute atomic E-state index is 12.8. The molecule has 0 bridgehead atoms. The van der Waals surface area contributed by atoms with Crippen LogP contribution in [0, 0.1) is 0 Å². The molecular weight excluding hydrogens is 1330 g/mol. The number of carbonyl (C=O) groups excluding carboxylic acids is 5. The smallest absolute Gasteiger partial charge is 0.255 e. The van der Waals surface area contributed by atoms with Gasteiger partial charge in [-0.25, -0.2) is 0 Å². The van der Waals surface area contributed by atoms with E-state index in [2.05, 4.69) is 85.3 Å². The Morgan fingerprint density at radius 3 is 0.909 bits per heavy atom. The Labute approximate surface area is 597 Å². The maximum atomic E-state index is 12.8. The van der Waals surface area contributed by atoms with Gasteiger partial charge in [0.1, 0.15) is 28.8 Å². The molecule has 4 amide bonds. The number of methoxy groups -OCH3 is 4. The number of para-hydroxylation sites is 4. The molecule has 5 aliphatic rings. The van der Waals surface area contributed by atoms with E-state index in [1.165, 1.54) is 19.5 Å². The predicted molar refractivity (Wildman–Crippen MR) is 391 cm³/mol. The van der Waals surface area contributed by atoms with Crippen LogP contribution in [-0.2, 0) is 35.9 Å². The number of thiophene rings is 4. The number of carbonyl (C=O) groups is 5. The first-order valence-electron chi connectivity index (χ1n) is 34.1. The van der Waals surface area contributed by atoms with Gasteiger partial charge < -0.3 is 59.9 Å². The lowest BCUT2D eigenvalue weighted by Gasteiger charge is -2.43. The third-order valence-electron chi connectivity index (χ3n) is 20.3. The van der Waals surface area contributed by atoms with E-state index in [0.29, 0.717) is 103 Å². The second kappa shape index (κ2) is 35.0. The molecule has 1 aliphatic heterocycles. The second-order valence-electron chi connectivity index (χ2n) is 26.2. The van der Waals surface area contributed by atoms with Crippen molar-refractivity contribution < 1.29 is 62.6 Å². The Kier molecular flexibility index (Phi) is 26.2. The van der Waals surface area contributed by atoms with Gasteiger partial charge in [0.05, 0.1) is 76.1 Å².